The van der Waals surface area contributed by atoms with E-state index in [0.29, 0.717) is 5.69 Å². The van der Waals surface area contributed by atoms with Crippen LogP contribution in [-0.2, 0) is 0 Å². The molecule has 0 aliphatic rings. The average Bonchev–Trinajstić information content (AvgIpc) is 2.99. The maximum absolute atomic E-state index is 5.85. The number of aryl methyl sites for hydroxylation is 1. The van der Waals surface area contributed by atoms with E-state index in [-0.39, 0.29) is 0 Å². The van der Waals surface area contributed by atoms with Crippen LogP contribution in [-0.4, -0.2) is 22.1 Å². The van der Waals surface area contributed by atoms with Crippen molar-refractivity contribution in [2.45, 2.75) is 6.92 Å². The molecule has 1 aromatic heterocycles. The van der Waals surface area contributed by atoms with Gasteiger partial charge in [-0.2, -0.15) is 0 Å². The topological polar surface area (TPSA) is 66.0 Å². The van der Waals surface area contributed by atoms with E-state index in [4.69, 9.17) is 10.5 Å². The van der Waals surface area contributed by atoms with Gasteiger partial charge in [0.25, 0.3) is 0 Å². The fraction of sp³-hybridized carbons (Fsp3) is 0.125. The van der Waals surface area contributed by atoms with E-state index in [1.807, 2.05) is 55.6 Å². The number of methoxy groups -OCH3 is 1. The zero-order valence-electron chi connectivity index (χ0n) is 11.9. The van der Waals surface area contributed by atoms with E-state index < -0.39 is 0 Å². The minimum Gasteiger partial charge on any atom is -0.496 e. The number of nitrogens with zero attached hydrogens (tertiary/aromatic N) is 3. The smallest absolute Gasteiger partial charge is 0.128 e. The van der Waals surface area contributed by atoms with E-state index in [0.717, 1.165) is 28.3 Å². The predicted molar refractivity (Wildman–Crippen MR) is 82.5 cm³/mol. The van der Waals surface area contributed by atoms with Crippen molar-refractivity contribution >= 4 is 5.69 Å². The zero-order chi connectivity index (χ0) is 14.8. The summed E-state index contributed by atoms with van der Waals surface area (Å²) in [6.07, 6.45) is 1.87. The lowest BCUT2D eigenvalue weighted by atomic mass is 10.1. The predicted octanol–water partition coefficient (Wildman–Crippen LogP) is 2.83. The SMILES string of the molecule is COc1ccccc1-c1cn(-c2cc(N)ccc2C)nn1. The van der Waals surface area contributed by atoms with Gasteiger partial charge in [-0.3, -0.25) is 0 Å². The highest BCUT2D eigenvalue weighted by Crippen LogP contribution is 2.28. The Labute approximate surface area is 123 Å². The average molecular weight is 280 g/mol. The van der Waals surface area contributed by atoms with Crippen LogP contribution in [0.3, 0.4) is 0 Å². The Kier molecular flexibility index (Phi) is 3.31. The van der Waals surface area contributed by atoms with Gasteiger partial charge in [0.05, 0.1) is 19.0 Å². The van der Waals surface area contributed by atoms with Gasteiger partial charge in [0.2, 0.25) is 0 Å². The Hall–Kier alpha value is -2.82. The molecule has 21 heavy (non-hydrogen) atoms. The number of anilines is 1. The fourth-order valence-corrected chi connectivity index (χ4v) is 2.23. The van der Waals surface area contributed by atoms with E-state index in [2.05, 4.69) is 10.3 Å². The summed E-state index contributed by atoms with van der Waals surface area (Å²) < 4.78 is 7.09. The first-order valence-electron chi connectivity index (χ1n) is 6.61. The third kappa shape index (κ3) is 2.45. The van der Waals surface area contributed by atoms with Crippen molar-refractivity contribution in [3.8, 4) is 22.7 Å². The fourth-order valence-electron chi connectivity index (χ4n) is 2.23. The molecule has 5 heteroatoms. The van der Waals surface area contributed by atoms with Gasteiger partial charge < -0.3 is 10.5 Å². The molecule has 0 spiro atoms. The first-order valence-corrected chi connectivity index (χ1v) is 6.61. The molecule has 0 aliphatic heterocycles. The van der Waals surface area contributed by atoms with Crippen molar-refractivity contribution in [2.75, 3.05) is 12.8 Å². The molecule has 2 N–H and O–H groups in total. The van der Waals surface area contributed by atoms with Crippen LogP contribution in [0.2, 0.25) is 0 Å². The maximum Gasteiger partial charge on any atom is 0.128 e. The highest BCUT2D eigenvalue weighted by Gasteiger charge is 2.11. The van der Waals surface area contributed by atoms with E-state index in [9.17, 15) is 0 Å². The molecular weight excluding hydrogens is 264 g/mol. The lowest BCUT2D eigenvalue weighted by Crippen LogP contribution is -1.99. The molecular formula is C16H16N4O. The van der Waals surface area contributed by atoms with Crippen LogP contribution < -0.4 is 10.5 Å². The van der Waals surface area contributed by atoms with Crippen molar-refractivity contribution in [2.24, 2.45) is 0 Å². The molecule has 106 valence electrons. The molecule has 0 fully saturated rings. The monoisotopic (exact) mass is 280 g/mol. The third-order valence-electron chi connectivity index (χ3n) is 3.36. The number of hydrogen-bond acceptors (Lipinski definition) is 4. The second-order valence-corrected chi connectivity index (χ2v) is 4.79. The standard InChI is InChI=1S/C16H16N4O/c1-11-7-8-12(17)9-15(11)20-10-14(18-19-20)13-5-3-4-6-16(13)21-2/h3-10H,17H2,1-2H3. The zero-order valence-corrected chi connectivity index (χ0v) is 11.9. The number of rotatable bonds is 3. The van der Waals surface area contributed by atoms with Crippen molar-refractivity contribution in [1.29, 1.82) is 0 Å². The molecule has 0 saturated heterocycles. The molecule has 0 saturated carbocycles. The lowest BCUT2D eigenvalue weighted by Gasteiger charge is -2.06. The first-order chi connectivity index (χ1) is 10.2. The Bertz CT molecular complexity index is 779. The van der Waals surface area contributed by atoms with Crippen LogP contribution in [0.1, 0.15) is 5.56 Å². The first kappa shape index (κ1) is 13.2. The quantitative estimate of drug-likeness (QED) is 0.749. The number of ether oxygens (including phenoxy) is 1. The lowest BCUT2D eigenvalue weighted by molar-refractivity contribution is 0.416. The second-order valence-electron chi connectivity index (χ2n) is 4.79. The molecule has 0 atom stereocenters. The minimum absolute atomic E-state index is 0.699. The molecule has 0 unspecified atom stereocenters. The summed E-state index contributed by atoms with van der Waals surface area (Å²) in [6, 6.07) is 13.5. The van der Waals surface area contributed by atoms with Crippen LogP contribution in [0.5, 0.6) is 5.75 Å². The Balaban J connectivity index is 2.06. The molecule has 0 aliphatic carbocycles. The summed E-state index contributed by atoms with van der Waals surface area (Å²) in [6.45, 7) is 2.01. The number of nitrogens with two attached hydrogens (primary N) is 1. The van der Waals surface area contributed by atoms with Crippen molar-refractivity contribution in [3.05, 3.63) is 54.2 Å². The Morgan fingerprint density at radius 3 is 2.76 bits per heavy atom. The number of para-hydroxylation sites is 1. The molecule has 1 heterocycles. The van der Waals surface area contributed by atoms with Crippen molar-refractivity contribution in [1.82, 2.24) is 15.0 Å². The van der Waals surface area contributed by atoms with Gasteiger partial charge >= 0.3 is 0 Å². The number of aromatic nitrogens is 3. The maximum atomic E-state index is 5.85. The summed E-state index contributed by atoms with van der Waals surface area (Å²) in [7, 11) is 1.64. The Morgan fingerprint density at radius 2 is 1.95 bits per heavy atom. The van der Waals surface area contributed by atoms with Gasteiger partial charge in [-0.15, -0.1) is 5.10 Å². The summed E-state index contributed by atoms with van der Waals surface area (Å²) in [4.78, 5) is 0. The van der Waals surface area contributed by atoms with Crippen LogP contribution in [0.25, 0.3) is 16.9 Å². The van der Waals surface area contributed by atoms with Crippen molar-refractivity contribution < 1.29 is 4.74 Å². The number of nitrogen functional groups attached to an aromatic ring is 1. The van der Waals surface area contributed by atoms with E-state index >= 15 is 0 Å². The summed E-state index contributed by atoms with van der Waals surface area (Å²) in [5, 5.41) is 8.43. The molecule has 0 bridgehead atoms. The van der Waals surface area contributed by atoms with Gasteiger partial charge in [0, 0.05) is 11.3 Å². The minimum atomic E-state index is 0.699. The molecule has 3 aromatic rings. The summed E-state index contributed by atoms with van der Waals surface area (Å²) in [5.74, 6) is 0.772. The highest BCUT2D eigenvalue weighted by molar-refractivity contribution is 5.66. The van der Waals surface area contributed by atoms with Gasteiger partial charge in [-0.05, 0) is 36.8 Å². The van der Waals surface area contributed by atoms with Gasteiger partial charge in [0.1, 0.15) is 11.4 Å². The summed E-state index contributed by atoms with van der Waals surface area (Å²) in [5.41, 5.74) is 10.2. The molecule has 0 amide bonds. The normalized spacial score (nSPS) is 10.6. The molecule has 0 radical (unpaired) electrons. The number of hydrogen-bond donors (Lipinski definition) is 1. The molecule has 5 nitrogen and oxygen atoms in total. The molecule has 3 rings (SSSR count). The molecule has 2 aromatic carbocycles. The van der Waals surface area contributed by atoms with Crippen LogP contribution in [0.15, 0.2) is 48.7 Å². The van der Waals surface area contributed by atoms with Gasteiger partial charge in [-0.25, -0.2) is 4.68 Å². The Morgan fingerprint density at radius 1 is 1.14 bits per heavy atom. The van der Waals surface area contributed by atoms with Gasteiger partial charge in [-0.1, -0.05) is 23.4 Å². The van der Waals surface area contributed by atoms with Crippen LogP contribution in [0, 0.1) is 6.92 Å². The second kappa shape index (κ2) is 5.28. The highest BCUT2D eigenvalue weighted by atomic mass is 16.5. The third-order valence-corrected chi connectivity index (χ3v) is 3.36. The van der Waals surface area contributed by atoms with Crippen LogP contribution >= 0.6 is 0 Å². The van der Waals surface area contributed by atoms with Crippen molar-refractivity contribution in [3.63, 3.8) is 0 Å². The number of benzene rings is 2. The largest absolute Gasteiger partial charge is 0.496 e. The van der Waals surface area contributed by atoms with Gasteiger partial charge in [0.15, 0.2) is 0 Å². The summed E-state index contributed by atoms with van der Waals surface area (Å²) >= 11 is 0. The van der Waals surface area contributed by atoms with E-state index in [1.165, 1.54) is 0 Å². The van der Waals surface area contributed by atoms with E-state index in [1.54, 1.807) is 11.8 Å². The van der Waals surface area contributed by atoms with Crippen LogP contribution in [0.4, 0.5) is 5.69 Å².